The number of benzene rings is 2. The monoisotopic (exact) mass is 420 g/mol. The number of sulfonamides is 1. The van der Waals surface area contributed by atoms with Gasteiger partial charge in [0.2, 0.25) is 15.9 Å². The molecule has 3 rings (SSSR count). The molecule has 1 amide bonds. The van der Waals surface area contributed by atoms with E-state index in [-0.39, 0.29) is 35.4 Å². The SMILES string of the molecule is COC(=O)c1ccccc1S(=O)(=O)N1CCC(C(=O)Nc2cccc(F)c2)CC1. The van der Waals surface area contributed by atoms with E-state index in [1.54, 1.807) is 18.2 Å². The molecule has 7 nitrogen and oxygen atoms in total. The van der Waals surface area contributed by atoms with Crippen LogP contribution in [0, 0.1) is 11.7 Å². The quantitative estimate of drug-likeness (QED) is 0.751. The van der Waals surface area contributed by atoms with E-state index >= 15 is 0 Å². The topological polar surface area (TPSA) is 92.8 Å². The number of amides is 1. The second-order valence-electron chi connectivity index (χ2n) is 6.67. The number of nitrogens with one attached hydrogen (secondary N) is 1. The fourth-order valence-electron chi connectivity index (χ4n) is 3.28. The van der Waals surface area contributed by atoms with Gasteiger partial charge in [0.05, 0.1) is 17.6 Å². The van der Waals surface area contributed by atoms with Crippen molar-refractivity contribution in [2.45, 2.75) is 17.7 Å². The molecule has 1 N–H and O–H groups in total. The van der Waals surface area contributed by atoms with E-state index < -0.39 is 21.8 Å². The zero-order valence-electron chi connectivity index (χ0n) is 15.8. The molecule has 0 bridgehead atoms. The van der Waals surface area contributed by atoms with Crippen molar-refractivity contribution in [3.63, 3.8) is 0 Å². The average molecular weight is 420 g/mol. The highest BCUT2D eigenvalue weighted by molar-refractivity contribution is 7.89. The molecule has 1 heterocycles. The summed E-state index contributed by atoms with van der Waals surface area (Å²) < 4.78 is 45.2. The minimum absolute atomic E-state index is 0.0269. The van der Waals surface area contributed by atoms with E-state index in [0.717, 1.165) is 0 Å². The summed E-state index contributed by atoms with van der Waals surface area (Å²) in [5, 5.41) is 2.66. The number of methoxy groups -OCH3 is 1. The van der Waals surface area contributed by atoms with Gasteiger partial charge in [0.25, 0.3) is 0 Å². The number of esters is 1. The van der Waals surface area contributed by atoms with Crippen molar-refractivity contribution in [3.8, 4) is 0 Å². The maximum Gasteiger partial charge on any atom is 0.339 e. The molecule has 2 aromatic carbocycles. The summed E-state index contributed by atoms with van der Waals surface area (Å²) in [6.07, 6.45) is 0.640. The molecule has 1 aliphatic heterocycles. The molecule has 1 saturated heterocycles. The van der Waals surface area contributed by atoms with Crippen LogP contribution in [0.15, 0.2) is 53.4 Å². The van der Waals surface area contributed by atoms with E-state index in [2.05, 4.69) is 10.1 Å². The van der Waals surface area contributed by atoms with Crippen LogP contribution in [0.3, 0.4) is 0 Å². The fraction of sp³-hybridized carbons (Fsp3) is 0.300. The van der Waals surface area contributed by atoms with E-state index in [1.165, 1.54) is 41.7 Å². The van der Waals surface area contributed by atoms with Gasteiger partial charge >= 0.3 is 5.97 Å². The van der Waals surface area contributed by atoms with Crippen LogP contribution in [-0.2, 0) is 19.6 Å². The number of piperidine rings is 1. The molecule has 1 fully saturated rings. The van der Waals surface area contributed by atoms with Gasteiger partial charge in [-0.1, -0.05) is 18.2 Å². The van der Waals surface area contributed by atoms with Crippen LogP contribution in [0.4, 0.5) is 10.1 Å². The van der Waals surface area contributed by atoms with Crippen LogP contribution in [0.5, 0.6) is 0 Å². The van der Waals surface area contributed by atoms with Crippen molar-refractivity contribution in [2.24, 2.45) is 5.92 Å². The molecule has 154 valence electrons. The second kappa shape index (κ2) is 8.71. The highest BCUT2D eigenvalue weighted by Crippen LogP contribution is 2.27. The van der Waals surface area contributed by atoms with Gasteiger partial charge < -0.3 is 10.1 Å². The largest absolute Gasteiger partial charge is 0.465 e. The maximum atomic E-state index is 13.3. The standard InChI is InChI=1S/C20H21FN2O5S/c1-28-20(25)17-7-2-3-8-18(17)29(26,27)23-11-9-14(10-12-23)19(24)22-16-6-4-5-15(21)13-16/h2-8,13-14H,9-12H2,1H3,(H,22,24). The third-order valence-corrected chi connectivity index (χ3v) is 6.78. The van der Waals surface area contributed by atoms with Crippen LogP contribution in [0.2, 0.25) is 0 Å². The Hall–Kier alpha value is -2.78. The smallest absolute Gasteiger partial charge is 0.339 e. The molecule has 0 atom stereocenters. The normalized spacial score (nSPS) is 15.7. The van der Waals surface area contributed by atoms with Crippen molar-refractivity contribution >= 4 is 27.6 Å². The van der Waals surface area contributed by atoms with Crippen molar-refractivity contribution in [2.75, 3.05) is 25.5 Å². The van der Waals surface area contributed by atoms with E-state index in [4.69, 9.17) is 0 Å². The summed E-state index contributed by atoms with van der Waals surface area (Å²) in [7, 11) is -2.72. The van der Waals surface area contributed by atoms with Crippen molar-refractivity contribution in [1.29, 1.82) is 0 Å². The van der Waals surface area contributed by atoms with Crippen LogP contribution < -0.4 is 5.32 Å². The Morgan fingerprint density at radius 3 is 2.45 bits per heavy atom. The number of hydrogen-bond donors (Lipinski definition) is 1. The highest BCUT2D eigenvalue weighted by atomic mass is 32.2. The Morgan fingerprint density at radius 1 is 1.10 bits per heavy atom. The van der Waals surface area contributed by atoms with Gasteiger partial charge in [-0.05, 0) is 43.2 Å². The maximum absolute atomic E-state index is 13.3. The lowest BCUT2D eigenvalue weighted by molar-refractivity contribution is -0.120. The van der Waals surface area contributed by atoms with Gasteiger partial charge in [-0.15, -0.1) is 0 Å². The van der Waals surface area contributed by atoms with Crippen molar-refractivity contribution in [1.82, 2.24) is 4.31 Å². The molecular formula is C20H21FN2O5S. The Bertz CT molecular complexity index is 1020. The molecular weight excluding hydrogens is 399 g/mol. The number of carbonyl (C=O) groups excluding carboxylic acids is 2. The highest BCUT2D eigenvalue weighted by Gasteiger charge is 2.34. The third kappa shape index (κ3) is 4.63. The first kappa shape index (κ1) is 20.9. The lowest BCUT2D eigenvalue weighted by Gasteiger charge is -2.31. The lowest BCUT2D eigenvalue weighted by Crippen LogP contribution is -2.41. The van der Waals surface area contributed by atoms with E-state index in [0.29, 0.717) is 18.5 Å². The van der Waals surface area contributed by atoms with E-state index in [1.807, 2.05) is 0 Å². The minimum Gasteiger partial charge on any atom is -0.465 e. The van der Waals surface area contributed by atoms with Crippen LogP contribution >= 0.6 is 0 Å². The molecule has 0 saturated carbocycles. The van der Waals surface area contributed by atoms with Crippen molar-refractivity contribution < 1.29 is 27.1 Å². The third-order valence-electron chi connectivity index (χ3n) is 4.83. The second-order valence-corrected chi connectivity index (χ2v) is 8.57. The number of hydrogen-bond acceptors (Lipinski definition) is 5. The number of halogens is 1. The summed E-state index contributed by atoms with van der Waals surface area (Å²) in [5.74, 6) is -1.84. The molecule has 9 heteroatoms. The zero-order chi connectivity index (χ0) is 21.0. The number of rotatable bonds is 5. The van der Waals surface area contributed by atoms with Gasteiger partial charge in [-0.3, -0.25) is 4.79 Å². The molecule has 2 aromatic rings. The predicted molar refractivity (Wildman–Crippen MR) is 104 cm³/mol. The predicted octanol–water partition coefficient (Wildman–Crippen LogP) is 2.65. The molecule has 0 unspecified atom stereocenters. The number of anilines is 1. The fourth-order valence-corrected chi connectivity index (χ4v) is 4.93. The van der Waals surface area contributed by atoms with Gasteiger partial charge in [-0.25, -0.2) is 17.6 Å². The molecule has 0 radical (unpaired) electrons. The molecule has 0 aromatic heterocycles. The first-order valence-corrected chi connectivity index (χ1v) is 10.5. The summed E-state index contributed by atoms with van der Waals surface area (Å²) >= 11 is 0. The van der Waals surface area contributed by atoms with Gasteiger partial charge in [0.1, 0.15) is 5.82 Å². The summed E-state index contributed by atoms with van der Waals surface area (Å²) in [5.41, 5.74) is 0.332. The van der Waals surface area contributed by atoms with Crippen molar-refractivity contribution in [3.05, 3.63) is 59.9 Å². The first-order valence-electron chi connectivity index (χ1n) is 9.07. The van der Waals surface area contributed by atoms with E-state index in [9.17, 15) is 22.4 Å². The van der Waals surface area contributed by atoms with Crippen LogP contribution in [0.25, 0.3) is 0 Å². The lowest BCUT2D eigenvalue weighted by atomic mass is 9.97. The summed E-state index contributed by atoms with van der Waals surface area (Å²) in [4.78, 5) is 24.2. The number of nitrogens with zero attached hydrogens (tertiary/aromatic N) is 1. The molecule has 29 heavy (non-hydrogen) atoms. The van der Waals surface area contributed by atoms with Crippen LogP contribution in [-0.4, -0.2) is 44.8 Å². The molecule has 0 aliphatic carbocycles. The Kier molecular flexibility index (Phi) is 6.29. The molecule has 0 spiro atoms. The number of carbonyl (C=O) groups is 2. The van der Waals surface area contributed by atoms with Gasteiger partial charge in [0, 0.05) is 24.7 Å². The Balaban J connectivity index is 1.69. The Labute approximate surface area is 168 Å². The number of ether oxygens (including phenoxy) is 1. The zero-order valence-corrected chi connectivity index (χ0v) is 16.6. The summed E-state index contributed by atoms with van der Waals surface area (Å²) in [6.45, 7) is 0.276. The first-order chi connectivity index (χ1) is 13.8. The summed E-state index contributed by atoms with van der Waals surface area (Å²) in [6, 6.07) is 11.5. The van der Waals surface area contributed by atoms with Gasteiger partial charge in [-0.2, -0.15) is 4.31 Å². The van der Waals surface area contributed by atoms with Crippen LogP contribution in [0.1, 0.15) is 23.2 Å². The average Bonchev–Trinajstić information content (AvgIpc) is 2.73. The molecule has 1 aliphatic rings. The Morgan fingerprint density at radius 2 is 1.79 bits per heavy atom. The van der Waals surface area contributed by atoms with Gasteiger partial charge in [0.15, 0.2) is 0 Å². The minimum atomic E-state index is -3.91.